The monoisotopic (exact) mass is 421 g/mol. The van der Waals surface area contributed by atoms with Crippen LogP contribution in [-0.2, 0) is 10.2 Å². The van der Waals surface area contributed by atoms with Gasteiger partial charge in [-0.3, -0.25) is 10.1 Å². The number of fused-ring (bicyclic) bond motifs is 2. The minimum Gasteiger partial charge on any atom is -0.454 e. The second-order valence-electron chi connectivity index (χ2n) is 9.43. The summed E-state index contributed by atoms with van der Waals surface area (Å²) in [6, 6.07) is 13.4. The normalized spacial score (nSPS) is 17.5. The summed E-state index contributed by atoms with van der Waals surface area (Å²) in [5.41, 5.74) is 2.53. The van der Waals surface area contributed by atoms with Crippen molar-refractivity contribution in [3.8, 4) is 11.5 Å². The van der Waals surface area contributed by atoms with Gasteiger partial charge >= 0.3 is 0 Å². The molecule has 2 heterocycles. The number of hydrogen-bond donors (Lipinski definition) is 4. The fourth-order valence-electron chi connectivity index (χ4n) is 4.08. The van der Waals surface area contributed by atoms with E-state index >= 15 is 0 Å². The molecule has 1 amide bonds. The van der Waals surface area contributed by atoms with Crippen LogP contribution < -0.4 is 20.1 Å². The van der Waals surface area contributed by atoms with Crippen molar-refractivity contribution in [2.75, 3.05) is 12.1 Å². The Labute approximate surface area is 180 Å². The van der Waals surface area contributed by atoms with Crippen LogP contribution in [0.5, 0.6) is 11.5 Å². The van der Waals surface area contributed by atoms with Gasteiger partial charge in [0, 0.05) is 22.1 Å². The molecular weight excluding hydrogens is 394 g/mol. The van der Waals surface area contributed by atoms with Crippen molar-refractivity contribution in [2.24, 2.45) is 0 Å². The van der Waals surface area contributed by atoms with Gasteiger partial charge in [0.15, 0.2) is 11.5 Å². The van der Waals surface area contributed by atoms with Crippen molar-refractivity contribution in [2.45, 2.75) is 50.8 Å². The first kappa shape index (κ1) is 19.9. The van der Waals surface area contributed by atoms with E-state index in [1.54, 1.807) is 0 Å². The molecule has 5 rings (SSSR count). The van der Waals surface area contributed by atoms with Crippen LogP contribution in [0.25, 0.3) is 10.9 Å². The lowest BCUT2D eigenvalue weighted by Gasteiger charge is -2.24. The van der Waals surface area contributed by atoms with E-state index in [1.807, 2.05) is 63.2 Å². The van der Waals surface area contributed by atoms with Crippen LogP contribution >= 0.6 is 0 Å². The molecule has 4 N–H and O–H groups in total. The lowest BCUT2D eigenvalue weighted by molar-refractivity contribution is -0.118. The number of hydrogen-bond acceptors (Lipinski definition) is 5. The number of amides is 1. The number of nitrogens with one attached hydrogen (secondary N) is 3. The number of aromatic nitrogens is 1. The highest BCUT2D eigenvalue weighted by atomic mass is 16.7. The predicted octanol–water partition coefficient (Wildman–Crippen LogP) is 3.95. The van der Waals surface area contributed by atoms with Gasteiger partial charge < -0.3 is 24.9 Å². The van der Waals surface area contributed by atoms with Crippen LogP contribution in [0, 0.1) is 0 Å². The molecule has 1 aromatic heterocycles. The van der Waals surface area contributed by atoms with Crippen LogP contribution in [0.2, 0.25) is 0 Å². The first-order chi connectivity index (χ1) is 14.7. The van der Waals surface area contributed by atoms with Gasteiger partial charge in [-0.05, 0) is 75.6 Å². The number of carbonyl (C=O) groups excluding carboxylic acids is 1. The zero-order valence-electron chi connectivity index (χ0n) is 17.9. The molecule has 31 heavy (non-hydrogen) atoms. The lowest BCUT2D eigenvalue weighted by atomic mass is 9.94. The van der Waals surface area contributed by atoms with Gasteiger partial charge in [-0.2, -0.15) is 0 Å². The fourth-order valence-corrected chi connectivity index (χ4v) is 4.08. The van der Waals surface area contributed by atoms with Gasteiger partial charge in [0.2, 0.25) is 12.7 Å². The van der Waals surface area contributed by atoms with E-state index < -0.39 is 11.6 Å². The third-order valence-electron chi connectivity index (χ3n) is 5.87. The number of benzene rings is 2. The molecule has 162 valence electrons. The fraction of sp³-hybridized carbons (Fsp3) is 0.375. The Balaban J connectivity index is 1.35. The highest BCUT2D eigenvalue weighted by molar-refractivity contribution is 6.02. The van der Waals surface area contributed by atoms with Crippen LogP contribution in [-0.4, -0.2) is 28.3 Å². The van der Waals surface area contributed by atoms with Gasteiger partial charge in [0.1, 0.15) is 6.23 Å². The zero-order chi connectivity index (χ0) is 21.8. The molecule has 3 aromatic rings. The van der Waals surface area contributed by atoms with Gasteiger partial charge in [0.25, 0.3) is 0 Å². The molecule has 0 saturated heterocycles. The van der Waals surface area contributed by atoms with Crippen molar-refractivity contribution < 1.29 is 19.4 Å². The van der Waals surface area contributed by atoms with Crippen molar-refractivity contribution >= 4 is 22.5 Å². The van der Waals surface area contributed by atoms with Crippen LogP contribution in [0.4, 0.5) is 5.69 Å². The molecule has 7 heteroatoms. The molecule has 1 unspecified atom stereocenters. The largest absolute Gasteiger partial charge is 0.454 e. The number of carbonyl (C=O) groups is 1. The van der Waals surface area contributed by atoms with E-state index in [9.17, 15) is 9.90 Å². The molecule has 0 spiro atoms. The molecule has 1 saturated carbocycles. The van der Waals surface area contributed by atoms with Gasteiger partial charge in [-0.15, -0.1) is 0 Å². The maximum atomic E-state index is 13.2. The molecule has 1 aliphatic carbocycles. The van der Waals surface area contributed by atoms with E-state index in [0.29, 0.717) is 11.4 Å². The second kappa shape index (κ2) is 7.00. The number of H-pyrrole nitrogens is 1. The summed E-state index contributed by atoms with van der Waals surface area (Å²) in [5.74, 6) is 1.40. The van der Waals surface area contributed by atoms with Gasteiger partial charge in [0.05, 0.1) is 11.1 Å². The molecule has 0 bridgehead atoms. The Bertz CT molecular complexity index is 1160. The number of ether oxygens (including phenoxy) is 2. The average Bonchev–Trinajstić information content (AvgIpc) is 3.19. The SMILES string of the molecule is CC(C)(C)NC(O)c1cc2cc(NC(=O)C3(c4ccc5c(c4)OCO5)CC3)ccc2[nH]1. The zero-order valence-corrected chi connectivity index (χ0v) is 17.9. The summed E-state index contributed by atoms with van der Waals surface area (Å²) in [7, 11) is 0. The summed E-state index contributed by atoms with van der Waals surface area (Å²) in [6.45, 7) is 6.22. The highest BCUT2D eigenvalue weighted by Gasteiger charge is 2.51. The van der Waals surface area contributed by atoms with Crippen LogP contribution in [0.15, 0.2) is 42.5 Å². The van der Waals surface area contributed by atoms with Gasteiger partial charge in [-0.25, -0.2) is 0 Å². The van der Waals surface area contributed by atoms with Crippen molar-refractivity contribution in [3.63, 3.8) is 0 Å². The predicted molar refractivity (Wildman–Crippen MR) is 118 cm³/mol. The summed E-state index contributed by atoms with van der Waals surface area (Å²) < 4.78 is 10.9. The molecule has 2 aromatic carbocycles. The minimum absolute atomic E-state index is 0.0177. The smallest absolute Gasteiger partial charge is 0.235 e. The Hall–Kier alpha value is -3.03. The number of rotatable bonds is 5. The second-order valence-corrected chi connectivity index (χ2v) is 9.43. The minimum atomic E-state index is -0.800. The summed E-state index contributed by atoms with van der Waals surface area (Å²) in [4.78, 5) is 16.4. The summed E-state index contributed by atoms with van der Waals surface area (Å²) in [6.07, 6.45) is 0.811. The number of aromatic amines is 1. The van der Waals surface area contributed by atoms with Crippen LogP contribution in [0.1, 0.15) is 51.1 Å². The number of aliphatic hydroxyl groups excluding tert-OH is 1. The number of anilines is 1. The summed E-state index contributed by atoms with van der Waals surface area (Å²) >= 11 is 0. The van der Waals surface area contributed by atoms with Crippen LogP contribution in [0.3, 0.4) is 0 Å². The summed E-state index contributed by atoms with van der Waals surface area (Å²) in [5, 5.41) is 17.6. The Morgan fingerprint density at radius 2 is 1.87 bits per heavy atom. The Morgan fingerprint density at radius 1 is 1.10 bits per heavy atom. The highest BCUT2D eigenvalue weighted by Crippen LogP contribution is 2.51. The molecule has 2 aliphatic rings. The molecule has 0 radical (unpaired) electrons. The Kier molecular flexibility index (Phi) is 4.50. The molecule has 1 fully saturated rings. The van der Waals surface area contributed by atoms with Gasteiger partial charge in [-0.1, -0.05) is 6.07 Å². The Morgan fingerprint density at radius 3 is 2.61 bits per heavy atom. The third-order valence-corrected chi connectivity index (χ3v) is 5.87. The average molecular weight is 421 g/mol. The van der Waals surface area contributed by atoms with Crippen molar-refractivity contribution in [1.82, 2.24) is 10.3 Å². The molecular formula is C24H27N3O4. The molecule has 1 atom stereocenters. The maximum Gasteiger partial charge on any atom is 0.235 e. The van der Waals surface area contributed by atoms with E-state index in [1.165, 1.54) is 0 Å². The van der Waals surface area contributed by atoms with Crippen molar-refractivity contribution in [1.29, 1.82) is 0 Å². The maximum absolute atomic E-state index is 13.2. The lowest BCUT2D eigenvalue weighted by Crippen LogP contribution is -2.38. The molecule has 7 nitrogen and oxygen atoms in total. The molecule has 1 aliphatic heterocycles. The number of aliphatic hydroxyl groups is 1. The van der Waals surface area contributed by atoms with E-state index in [0.717, 1.165) is 40.7 Å². The van der Waals surface area contributed by atoms with Crippen molar-refractivity contribution in [3.05, 3.63) is 53.7 Å². The standard InChI is InChI=1S/C24H27N3O4/c1-23(2,3)27-21(28)18-11-14-10-16(5-6-17(14)26-18)25-22(29)24(8-9-24)15-4-7-19-20(12-15)31-13-30-19/h4-7,10-12,21,26-28H,8-9,13H2,1-3H3,(H,25,29). The van der Waals surface area contributed by atoms with E-state index in [-0.39, 0.29) is 18.2 Å². The van der Waals surface area contributed by atoms with E-state index in [4.69, 9.17) is 9.47 Å². The first-order valence-corrected chi connectivity index (χ1v) is 10.5. The topological polar surface area (TPSA) is 95.6 Å². The third kappa shape index (κ3) is 3.75. The quantitative estimate of drug-likeness (QED) is 0.468. The first-order valence-electron chi connectivity index (χ1n) is 10.5. The van der Waals surface area contributed by atoms with E-state index in [2.05, 4.69) is 15.6 Å².